The lowest BCUT2D eigenvalue weighted by molar-refractivity contribution is 0.420. The number of anilines is 2. The first-order chi connectivity index (χ1) is 10.2. The molecule has 3 rings (SSSR count). The third-order valence-corrected chi connectivity index (χ3v) is 4.30. The Morgan fingerprint density at radius 2 is 1.43 bits per heavy atom. The summed E-state index contributed by atoms with van der Waals surface area (Å²) in [5.74, 6) is 0.762. The van der Waals surface area contributed by atoms with Crippen molar-refractivity contribution in [3.05, 3.63) is 59.1 Å². The molecule has 0 amide bonds. The van der Waals surface area contributed by atoms with Gasteiger partial charge >= 0.3 is 0 Å². The van der Waals surface area contributed by atoms with Crippen LogP contribution in [0.3, 0.4) is 0 Å². The minimum Gasteiger partial charge on any atom is -0.332 e. The van der Waals surface area contributed by atoms with E-state index in [0.29, 0.717) is 10.1 Å². The average Bonchev–Trinajstić information content (AvgIpc) is 2.42. The van der Waals surface area contributed by atoms with Crippen molar-refractivity contribution in [1.82, 2.24) is 0 Å². The molecule has 0 aromatic heterocycles. The van der Waals surface area contributed by atoms with Crippen molar-refractivity contribution in [2.75, 3.05) is 10.6 Å². The second-order valence-electron chi connectivity index (χ2n) is 5.34. The molecule has 0 aliphatic heterocycles. The molecule has 0 radical (unpaired) electrons. The molecule has 21 heavy (non-hydrogen) atoms. The van der Waals surface area contributed by atoms with Crippen molar-refractivity contribution in [2.24, 2.45) is 0 Å². The molecule has 4 heteroatoms. The summed E-state index contributed by atoms with van der Waals surface area (Å²) in [6.07, 6.45) is 4.01. The van der Waals surface area contributed by atoms with Gasteiger partial charge in [0.2, 0.25) is 0 Å². The molecule has 1 aliphatic rings. The minimum atomic E-state index is 0.578. The summed E-state index contributed by atoms with van der Waals surface area (Å²) in [6.45, 7) is 0. The second-order valence-corrected chi connectivity index (χ2v) is 6.18. The molecule has 1 aliphatic carbocycles. The number of hydrogen-bond donors (Lipinski definition) is 2. The first kappa shape index (κ1) is 14.4. The summed E-state index contributed by atoms with van der Waals surface area (Å²) < 4.78 is 0. The Labute approximate surface area is 135 Å². The van der Waals surface area contributed by atoms with Crippen molar-refractivity contribution in [3.63, 3.8) is 0 Å². The van der Waals surface area contributed by atoms with Crippen LogP contribution in [0.25, 0.3) is 0 Å². The number of nitrogens with one attached hydrogen (secondary N) is 2. The molecule has 0 heterocycles. The predicted octanol–water partition coefficient (Wildman–Crippen LogP) is 5.42. The highest BCUT2D eigenvalue weighted by Gasteiger charge is 2.18. The van der Waals surface area contributed by atoms with Gasteiger partial charge in [0.05, 0.1) is 0 Å². The number of halogens is 1. The van der Waals surface area contributed by atoms with E-state index < -0.39 is 0 Å². The minimum absolute atomic E-state index is 0.578. The number of thiocarbonyl (C=S) groups is 1. The van der Waals surface area contributed by atoms with Gasteiger partial charge in [0.25, 0.3) is 0 Å². The lowest BCUT2D eigenvalue weighted by Gasteiger charge is -2.25. The molecule has 2 N–H and O–H groups in total. The Balaban J connectivity index is 1.57. The molecule has 1 fully saturated rings. The Hall–Kier alpha value is -1.58. The fourth-order valence-corrected chi connectivity index (χ4v) is 2.77. The van der Waals surface area contributed by atoms with Crippen LogP contribution in [0.1, 0.15) is 30.7 Å². The van der Waals surface area contributed by atoms with Gasteiger partial charge in [-0.1, -0.05) is 30.2 Å². The fraction of sp³-hybridized carbons (Fsp3) is 0.235. The van der Waals surface area contributed by atoms with E-state index in [1.807, 2.05) is 24.3 Å². The van der Waals surface area contributed by atoms with Crippen LogP contribution in [0.5, 0.6) is 0 Å². The van der Waals surface area contributed by atoms with Crippen molar-refractivity contribution in [2.45, 2.75) is 25.2 Å². The van der Waals surface area contributed by atoms with E-state index in [-0.39, 0.29) is 0 Å². The van der Waals surface area contributed by atoms with Crippen LogP contribution in [-0.2, 0) is 0 Å². The van der Waals surface area contributed by atoms with E-state index in [1.54, 1.807) is 0 Å². The van der Waals surface area contributed by atoms with Gasteiger partial charge in [-0.2, -0.15) is 0 Å². The Morgan fingerprint density at radius 1 is 0.905 bits per heavy atom. The quantitative estimate of drug-likeness (QED) is 0.740. The molecule has 0 unspecified atom stereocenters. The van der Waals surface area contributed by atoms with Crippen LogP contribution in [0.4, 0.5) is 11.4 Å². The molecular weight excluding hydrogens is 300 g/mol. The van der Waals surface area contributed by atoms with Crippen molar-refractivity contribution < 1.29 is 0 Å². The van der Waals surface area contributed by atoms with Crippen LogP contribution in [0.2, 0.25) is 5.02 Å². The van der Waals surface area contributed by atoms with Gasteiger partial charge < -0.3 is 10.6 Å². The zero-order valence-corrected chi connectivity index (χ0v) is 13.2. The monoisotopic (exact) mass is 316 g/mol. The lowest BCUT2D eigenvalue weighted by atomic mass is 9.80. The van der Waals surface area contributed by atoms with Crippen LogP contribution < -0.4 is 10.6 Å². The summed E-state index contributed by atoms with van der Waals surface area (Å²) in [6, 6.07) is 16.0. The van der Waals surface area contributed by atoms with Crippen molar-refractivity contribution >= 4 is 40.3 Å². The topological polar surface area (TPSA) is 24.1 Å². The highest BCUT2D eigenvalue weighted by atomic mass is 35.5. The molecule has 108 valence electrons. The van der Waals surface area contributed by atoms with Crippen LogP contribution >= 0.6 is 23.8 Å². The van der Waals surface area contributed by atoms with Gasteiger partial charge in [-0.15, -0.1) is 0 Å². The maximum Gasteiger partial charge on any atom is 0.175 e. The zero-order valence-electron chi connectivity index (χ0n) is 11.6. The standard InChI is InChI=1S/C17H17ClN2S/c18-14-6-10-16(11-7-14)20-17(21)19-15-8-4-13(5-9-15)12-2-1-3-12/h4-12H,1-3H2,(H2,19,20,21). The molecule has 0 spiro atoms. The molecule has 0 atom stereocenters. The van der Waals surface area contributed by atoms with Gasteiger partial charge in [0.1, 0.15) is 0 Å². The summed E-state index contributed by atoms with van der Waals surface area (Å²) in [5, 5.41) is 7.62. The SMILES string of the molecule is S=C(Nc1ccc(Cl)cc1)Nc1ccc(C2CCC2)cc1. The Morgan fingerprint density at radius 3 is 1.90 bits per heavy atom. The zero-order chi connectivity index (χ0) is 14.7. The predicted molar refractivity (Wildman–Crippen MR) is 94.3 cm³/mol. The van der Waals surface area contributed by atoms with Gasteiger partial charge in [0.15, 0.2) is 5.11 Å². The molecular formula is C17H17ClN2S. The van der Waals surface area contributed by atoms with Crippen molar-refractivity contribution in [1.29, 1.82) is 0 Å². The third-order valence-electron chi connectivity index (χ3n) is 3.85. The Kier molecular flexibility index (Phi) is 4.42. The summed E-state index contributed by atoms with van der Waals surface area (Å²) in [4.78, 5) is 0. The molecule has 2 aromatic rings. The van der Waals surface area contributed by atoms with E-state index in [2.05, 4.69) is 34.9 Å². The third kappa shape index (κ3) is 3.74. The molecule has 2 aromatic carbocycles. The highest BCUT2D eigenvalue weighted by molar-refractivity contribution is 7.80. The number of benzene rings is 2. The van der Waals surface area contributed by atoms with Crippen LogP contribution in [0, 0.1) is 0 Å². The molecule has 0 saturated heterocycles. The summed E-state index contributed by atoms with van der Waals surface area (Å²) in [7, 11) is 0. The summed E-state index contributed by atoms with van der Waals surface area (Å²) >= 11 is 11.2. The van der Waals surface area contributed by atoms with E-state index in [1.165, 1.54) is 24.8 Å². The largest absolute Gasteiger partial charge is 0.332 e. The maximum absolute atomic E-state index is 5.86. The molecule has 1 saturated carbocycles. The average molecular weight is 317 g/mol. The highest BCUT2D eigenvalue weighted by Crippen LogP contribution is 2.36. The van der Waals surface area contributed by atoms with Crippen LogP contribution in [-0.4, -0.2) is 5.11 Å². The van der Waals surface area contributed by atoms with E-state index in [0.717, 1.165) is 17.3 Å². The van der Waals surface area contributed by atoms with Gasteiger partial charge in [0, 0.05) is 16.4 Å². The lowest BCUT2D eigenvalue weighted by Crippen LogP contribution is -2.19. The Bertz CT molecular complexity index is 618. The normalized spacial score (nSPS) is 14.3. The molecule has 0 bridgehead atoms. The molecule has 2 nitrogen and oxygen atoms in total. The number of hydrogen-bond acceptors (Lipinski definition) is 1. The smallest absolute Gasteiger partial charge is 0.175 e. The van der Waals surface area contributed by atoms with Crippen molar-refractivity contribution in [3.8, 4) is 0 Å². The van der Waals surface area contributed by atoms with Gasteiger partial charge in [-0.25, -0.2) is 0 Å². The second kappa shape index (κ2) is 6.46. The van der Waals surface area contributed by atoms with Crippen LogP contribution in [0.15, 0.2) is 48.5 Å². The van der Waals surface area contributed by atoms with E-state index >= 15 is 0 Å². The number of rotatable bonds is 3. The van der Waals surface area contributed by atoms with E-state index in [9.17, 15) is 0 Å². The fourth-order valence-electron chi connectivity index (χ4n) is 2.41. The maximum atomic E-state index is 5.86. The van der Waals surface area contributed by atoms with Gasteiger partial charge in [-0.3, -0.25) is 0 Å². The first-order valence-corrected chi connectivity index (χ1v) is 7.93. The van der Waals surface area contributed by atoms with Gasteiger partial charge in [-0.05, 0) is 72.9 Å². The summed E-state index contributed by atoms with van der Waals surface area (Å²) in [5.41, 5.74) is 3.36. The first-order valence-electron chi connectivity index (χ1n) is 7.14. The van der Waals surface area contributed by atoms with E-state index in [4.69, 9.17) is 23.8 Å².